The quantitative estimate of drug-likeness (QED) is 0.628. The summed E-state index contributed by atoms with van der Waals surface area (Å²) in [6, 6.07) is 20.6. The van der Waals surface area contributed by atoms with Crippen molar-refractivity contribution in [3.8, 4) is 0 Å². The Morgan fingerprint density at radius 1 is 0.846 bits per heavy atom. The number of nitrogens with zero attached hydrogens (tertiary/aromatic N) is 1. The number of aliphatic hydroxyl groups excluding tert-OH is 1. The second-order valence-corrected chi connectivity index (χ2v) is 7.27. The van der Waals surface area contributed by atoms with Gasteiger partial charge < -0.3 is 5.11 Å². The molecule has 1 aromatic heterocycles. The molecule has 1 heterocycles. The van der Waals surface area contributed by atoms with Crippen molar-refractivity contribution in [1.29, 1.82) is 0 Å². The molecule has 1 aliphatic rings. The summed E-state index contributed by atoms with van der Waals surface area (Å²) < 4.78 is 0. The van der Waals surface area contributed by atoms with Gasteiger partial charge in [-0.05, 0) is 48.1 Å². The summed E-state index contributed by atoms with van der Waals surface area (Å²) in [6.45, 7) is 0. The fourth-order valence-electron chi connectivity index (χ4n) is 3.88. The maximum atomic E-state index is 10.6. The van der Waals surface area contributed by atoms with Gasteiger partial charge in [0.05, 0.1) is 17.3 Å². The number of hydrogen-bond acceptors (Lipinski definition) is 2. The van der Waals surface area contributed by atoms with E-state index in [2.05, 4.69) is 47.5 Å². The average Bonchev–Trinajstić information content (AvgIpc) is 2.72. The molecule has 0 aliphatic heterocycles. The van der Waals surface area contributed by atoms with Gasteiger partial charge in [0, 0.05) is 5.39 Å². The molecule has 0 radical (unpaired) electrons. The Balaban J connectivity index is 1.46. The van der Waals surface area contributed by atoms with Crippen molar-refractivity contribution in [3.63, 3.8) is 0 Å². The molecule has 1 aliphatic carbocycles. The highest BCUT2D eigenvalue weighted by Crippen LogP contribution is 2.34. The molecule has 0 spiro atoms. The predicted molar refractivity (Wildman–Crippen MR) is 109 cm³/mol. The van der Waals surface area contributed by atoms with Gasteiger partial charge in [-0.15, -0.1) is 0 Å². The highest BCUT2D eigenvalue weighted by atomic mass is 16.3. The van der Waals surface area contributed by atoms with E-state index >= 15 is 0 Å². The molecule has 2 aromatic carbocycles. The molecule has 1 atom stereocenters. The van der Waals surface area contributed by atoms with Crippen LogP contribution >= 0.6 is 0 Å². The number of aliphatic hydroxyl groups is 1. The summed E-state index contributed by atoms with van der Waals surface area (Å²) in [5, 5.41) is 11.8. The molecular formula is C24H25NO. The molecule has 1 fully saturated rings. The molecule has 0 amide bonds. The van der Waals surface area contributed by atoms with Gasteiger partial charge in [-0.3, -0.25) is 0 Å². The molecule has 1 saturated carbocycles. The molecule has 2 nitrogen and oxygen atoms in total. The monoisotopic (exact) mass is 343 g/mol. The van der Waals surface area contributed by atoms with Crippen LogP contribution in [-0.2, 0) is 0 Å². The van der Waals surface area contributed by atoms with Crippen molar-refractivity contribution >= 4 is 23.1 Å². The first-order valence-corrected chi connectivity index (χ1v) is 9.61. The summed E-state index contributed by atoms with van der Waals surface area (Å²) in [5.41, 5.74) is 4.13. The topological polar surface area (TPSA) is 33.1 Å². The molecule has 4 rings (SSSR count). The van der Waals surface area contributed by atoms with Crippen LogP contribution in [0.15, 0.2) is 60.7 Å². The number of aromatic nitrogens is 1. The van der Waals surface area contributed by atoms with Crippen molar-refractivity contribution in [2.75, 3.05) is 0 Å². The van der Waals surface area contributed by atoms with E-state index in [0.717, 1.165) is 40.6 Å². The fourth-order valence-corrected chi connectivity index (χ4v) is 3.88. The zero-order valence-corrected chi connectivity index (χ0v) is 15.0. The first-order valence-electron chi connectivity index (χ1n) is 9.61. The minimum Gasteiger partial charge on any atom is -0.388 e. The van der Waals surface area contributed by atoms with E-state index in [0.29, 0.717) is 5.92 Å². The van der Waals surface area contributed by atoms with Crippen LogP contribution in [0, 0.1) is 5.92 Å². The van der Waals surface area contributed by atoms with Crippen LogP contribution in [0.25, 0.3) is 23.1 Å². The largest absolute Gasteiger partial charge is 0.388 e. The summed E-state index contributed by atoms with van der Waals surface area (Å²) in [7, 11) is 0. The summed E-state index contributed by atoms with van der Waals surface area (Å²) in [4.78, 5) is 4.67. The lowest BCUT2D eigenvalue weighted by Crippen LogP contribution is -2.15. The van der Waals surface area contributed by atoms with Gasteiger partial charge >= 0.3 is 0 Å². The van der Waals surface area contributed by atoms with Crippen molar-refractivity contribution in [1.82, 2.24) is 4.98 Å². The van der Waals surface area contributed by atoms with Crippen molar-refractivity contribution in [3.05, 3.63) is 77.5 Å². The predicted octanol–water partition coefficient (Wildman–Crippen LogP) is 6.02. The van der Waals surface area contributed by atoms with Gasteiger partial charge in [0.15, 0.2) is 0 Å². The molecule has 1 unspecified atom stereocenters. The second kappa shape index (κ2) is 7.84. The van der Waals surface area contributed by atoms with Gasteiger partial charge in [0.2, 0.25) is 0 Å². The normalized spacial score (nSPS) is 17.0. The molecule has 3 aromatic rings. The smallest absolute Gasteiger partial charge is 0.0818 e. The molecule has 2 heteroatoms. The van der Waals surface area contributed by atoms with Crippen LogP contribution in [0.1, 0.15) is 55.0 Å². The van der Waals surface area contributed by atoms with E-state index in [9.17, 15) is 5.11 Å². The SMILES string of the molecule is OC(c1ccc(/C=C/c2ccc3ccccc3n2)cc1)C1CCCCC1. The third-order valence-corrected chi connectivity index (χ3v) is 5.44. The summed E-state index contributed by atoms with van der Waals surface area (Å²) in [6.07, 6.45) is 9.91. The zero-order valence-electron chi connectivity index (χ0n) is 15.0. The first kappa shape index (κ1) is 17.0. The minimum absolute atomic E-state index is 0.324. The van der Waals surface area contributed by atoms with E-state index in [4.69, 9.17) is 0 Å². The summed E-state index contributed by atoms with van der Waals surface area (Å²) in [5.74, 6) is 0.423. The molecule has 1 N–H and O–H groups in total. The number of fused-ring (bicyclic) bond motifs is 1. The van der Waals surface area contributed by atoms with Crippen LogP contribution in [0.2, 0.25) is 0 Å². The van der Waals surface area contributed by atoms with Gasteiger partial charge in [0.25, 0.3) is 0 Å². The van der Waals surface area contributed by atoms with Crippen molar-refractivity contribution in [2.24, 2.45) is 5.92 Å². The third-order valence-electron chi connectivity index (χ3n) is 5.44. The van der Waals surface area contributed by atoms with Crippen LogP contribution in [0.4, 0.5) is 0 Å². The molecule has 0 saturated heterocycles. The van der Waals surface area contributed by atoms with E-state index in [1.807, 2.05) is 30.3 Å². The maximum Gasteiger partial charge on any atom is 0.0818 e. The van der Waals surface area contributed by atoms with Crippen molar-refractivity contribution < 1.29 is 5.11 Å². The summed E-state index contributed by atoms with van der Waals surface area (Å²) >= 11 is 0. The Kier molecular flexibility index (Phi) is 5.12. The number of benzene rings is 2. The van der Waals surface area contributed by atoms with Crippen LogP contribution in [0.5, 0.6) is 0 Å². The number of rotatable bonds is 4. The van der Waals surface area contributed by atoms with Crippen molar-refractivity contribution in [2.45, 2.75) is 38.2 Å². The maximum absolute atomic E-state index is 10.6. The standard InChI is InChI=1S/C24H25NO/c26-24(20-7-2-1-3-8-20)21-13-10-18(11-14-21)12-16-22-17-15-19-6-4-5-9-23(19)25-22/h4-6,9-17,20,24,26H,1-3,7-8H2/b16-12+. The lowest BCUT2D eigenvalue weighted by molar-refractivity contribution is 0.0848. The minimum atomic E-state index is -0.324. The number of hydrogen-bond donors (Lipinski definition) is 1. The van der Waals surface area contributed by atoms with Gasteiger partial charge in [-0.1, -0.05) is 73.9 Å². The van der Waals surface area contributed by atoms with Crippen LogP contribution < -0.4 is 0 Å². The van der Waals surface area contributed by atoms with Gasteiger partial charge in [-0.25, -0.2) is 4.98 Å². The lowest BCUT2D eigenvalue weighted by atomic mass is 9.82. The Labute approximate surface area is 155 Å². The van der Waals surface area contributed by atoms with E-state index in [1.54, 1.807) is 0 Å². The number of pyridine rings is 1. The van der Waals surface area contributed by atoms with Crippen LogP contribution in [-0.4, -0.2) is 10.1 Å². The fraction of sp³-hybridized carbons (Fsp3) is 0.292. The van der Waals surface area contributed by atoms with Crippen LogP contribution in [0.3, 0.4) is 0 Å². The van der Waals surface area contributed by atoms with Gasteiger partial charge in [0.1, 0.15) is 0 Å². The molecule has 132 valence electrons. The Bertz CT molecular complexity index is 891. The second-order valence-electron chi connectivity index (χ2n) is 7.27. The highest BCUT2D eigenvalue weighted by molar-refractivity contribution is 5.80. The first-order chi connectivity index (χ1) is 12.8. The highest BCUT2D eigenvalue weighted by Gasteiger charge is 2.22. The van der Waals surface area contributed by atoms with E-state index < -0.39 is 0 Å². The van der Waals surface area contributed by atoms with Gasteiger partial charge in [-0.2, -0.15) is 0 Å². The molecule has 26 heavy (non-hydrogen) atoms. The third kappa shape index (κ3) is 3.86. The zero-order chi connectivity index (χ0) is 17.8. The Hall–Kier alpha value is -2.45. The molecular weight excluding hydrogens is 318 g/mol. The average molecular weight is 343 g/mol. The molecule has 0 bridgehead atoms. The lowest BCUT2D eigenvalue weighted by Gasteiger charge is -2.26. The van der Waals surface area contributed by atoms with E-state index in [-0.39, 0.29) is 6.10 Å². The number of para-hydroxylation sites is 1. The Morgan fingerprint density at radius 2 is 1.62 bits per heavy atom. The Morgan fingerprint density at radius 3 is 2.42 bits per heavy atom. The van der Waals surface area contributed by atoms with E-state index in [1.165, 1.54) is 19.3 Å².